The first kappa shape index (κ1) is 15.5. The molecule has 3 heteroatoms. The number of hydrogen-bond acceptors (Lipinski definition) is 3. The fraction of sp³-hybridized carbons (Fsp3) is 0.647. The van der Waals surface area contributed by atoms with Gasteiger partial charge in [-0.3, -0.25) is 4.90 Å². The van der Waals surface area contributed by atoms with Crippen LogP contribution in [0.15, 0.2) is 24.3 Å². The van der Waals surface area contributed by atoms with Crippen molar-refractivity contribution in [1.82, 2.24) is 9.80 Å². The normalized spacial score (nSPS) is 22.9. The minimum atomic E-state index is 0.361. The van der Waals surface area contributed by atoms with Gasteiger partial charge in [-0.05, 0) is 31.0 Å². The van der Waals surface area contributed by atoms with Crippen molar-refractivity contribution >= 4 is 0 Å². The number of nitrogens with zero attached hydrogens (tertiary/aromatic N) is 2. The lowest BCUT2D eigenvalue weighted by Crippen LogP contribution is -2.53. The molecule has 1 aromatic rings. The van der Waals surface area contributed by atoms with Crippen LogP contribution in [0.4, 0.5) is 0 Å². The van der Waals surface area contributed by atoms with Crippen molar-refractivity contribution in [3.05, 3.63) is 35.4 Å². The summed E-state index contributed by atoms with van der Waals surface area (Å²) in [7, 11) is 2.22. The van der Waals surface area contributed by atoms with E-state index < -0.39 is 0 Å². The lowest BCUT2D eigenvalue weighted by Gasteiger charge is -2.44. The molecule has 0 aromatic heterocycles. The predicted molar refractivity (Wildman–Crippen MR) is 85.9 cm³/mol. The van der Waals surface area contributed by atoms with Crippen LogP contribution in [-0.2, 0) is 6.42 Å². The van der Waals surface area contributed by atoms with E-state index in [-0.39, 0.29) is 0 Å². The zero-order valence-electron chi connectivity index (χ0n) is 13.2. The van der Waals surface area contributed by atoms with E-state index in [1.54, 1.807) is 0 Å². The molecule has 0 amide bonds. The zero-order chi connectivity index (χ0) is 14.5. The molecule has 0 bridgehead atoms. The molecule has 3 nitrogen and oxygen atoms in total. The number of aryl methyl sites for hydroxylation is 1. The van der Waals surface area contributed by atoms with E-state index in [9.17, 15) is 0 Å². The molecule has 1 saturated heterocycles. The Balaban J connectivity index is 2.17. The molecule has 1 fully saturated rings. The second-order valence-corrected chi connectivity index (χ2v) is 5.91. The summed E-state index contributed by atoms with van der Waals surface area (Å²) in [5, 5.41) is 0. The van der Waals surface area contributed by atoms with Gasteiger partial charge in [0.15, 0.2) is 0 Å². The van der Waals surface area contributed by atoms with Gasteiger partial charge in [0.2, 0.25) is 0 Å². The van der Waals surface area contributed by atoms with Crippen molar-refractivity contribution in [2.45, 2.75) is 38.8 Å². The summed E-state index contributed by atoms with van der Waals surface area (Å²) in [4.78, 5) is 5.04. The fourth-order valence-electron chi connectivity index (χ4n) is 3.24. The second kappa shape index (κ2) is 7.21. The van der Waals surface area contributed by atoms with Crippen LogP contribution in [0.5, 0.6) is 0 Å². The molecule has 20 heavy (non-hydrogen) atoms. The Morgan fingerprint density at radius 1 is 1.20 bits per heavy atom. The van der Waals surface area contributed by atoms with Gasteiger partial charge < -0.3 is 10.6 Å². The largest absolute Gasteiger partial charge is 0.329 e. The Kier molecular flexibility index (Phi) is 5.58. The summed E-state index contributed by atoms with van der Waals surface area (Å²) in [6.07, 6.45) is 2.29. The van der Waals surface area contributed by atoms with Crippen LogP contribution in [-0.4, -0.2) is 49.1 Å². The first-order valence-corrected chi connectivity index (χ1v) is 7.92. The minimum Gasteiger partial charge on any atom is -0.329 e. The van der Waals surface area contributed by atoms with Crippen molar-refractivity contribution in [3.8, 4) is 0 Å². The highest BCUT2D eigenvalue weighted by atomic mass is 15.3. The van der Waals surface area contributed by atoms with Crippen LogP contribution in [0, 0.1) is 0 Å². The van der Waals surface area contributed by atoms with Crippen LogP contribution >= 0.6 is 0 Å². The molecule has 1 aliphatic heterocycles. The predicted octanol–water partition coefficient (Wildman–Crippen LogP) is 2.27. The molecule has 0 spiro atoms. The van der Waals surface area contributed by atoms with Gasteiger partial charge in [0.25, 0.3) is 0 Å². The topological polar surface area (TPSA) is 32.5 Å². The number of piperazine rings is 1. The maximum Gasteiger partial charge on any atom is 0.0474 e. The van der Waals surface area contributed by atoms with Gasteiger partial charge in [-0.15, -0.1) is 0 Å². The van der Waals surface area contributed by atoms with E-state index in [0.29, 0.717) is 18.6 Å². The van der Waals surface area contributed by atoms with E-state index in [2.05, 4.69) is 55.0 Å². The van der Waals surface area contributed by atoms with Crippen LogP contribution in [0.3, 0.4) is 0 Å². The molecular weight excluding hydrogens is 246 g/mol. The number of nitrogens with two attached hydrogens (primary N) is 1. The highest BCUT2D eigenvalue weighted by molar-refractivity contribution is 5.25. The van der Waals surface area contributed by atoms with Crippen LogP contribution in [0.25, 0.3) is 0 Å². The maximum absolute atomic E-state index is 6.10. The number of hydrogen-bond donors (Lipinski definition) is 1. The average molecular weight is 275 g/mol. The van der Waals surface area contributed by atoms with Gasteiger partial charge in [0, 0.05) is 38.3 Å². The van der Waals surface area contributed by atoms with E-state index in [0.717, 1.165) is 26.1 Å². The van der Waals surface area contributed by atoms with E-state index >= 15 is 0 Å². The number of benzene rings is 1. The molecule has 112 valence electrons. The van der Waals surface area contributed by atoms with E-state index in [1.165, 1.54) is 17.5 Å². The van der Waals surface area contributed by atoms with Gasteiger partial charge in [0.05, 0.1) is 0 Å². The minimum absolute atomic E-state index is 0.361. The first-order valence-electron chi connectivity index (χ1n) is 7.92. The molecule has 1 aromatic carbocycles. The highest BCUT2D eigenvalue weighted by Gasteiger charge is 2.29. The third kappa shape index (κ3) is 3.40. The molecule has 2 unspecified atom stereocenters. The van der Waals surface area contributed by atoms with Gasteiger partial charge in [-0.25, -0.2) is 0 Å². The lowest BCUT2D eigenvalue weighted by molar-refractivity contribution is 0.0521. The fourth-order valence-corrected chi connectivity index (χ4v) is 3.24. The average Bonchev–Trinajstić information content (AvgIpc) is 2.50. The van der Waals surface area contributed by atoms with Crippen molar-refractivity contribution in [1.29, 1.82) is 0 Å². The van der Waals surface area contributed by atoms with Gasteiger partial charge in [-0.2, -0.15) is 0 Å². The summed E-state index contributed by atoms with van der Waals surface area (Å²) in [6.45, 7) is 8.59. The number of likely N-dealkylation sites (N-methyl/N-ethyl adjacent to an activating group) is 1. The third-order valence-corrected chi connectivity index (χ3v) is 4.60. The molecule has 0 aliphatic carbocycles. The Bertz CT molecular complexity index is 401. The standard InChI is InChI=1S/C17H29N3/c1-4-14-6-8-15(9-7-14)17(12-18)20-11-10-19(3)13-16(20)5-2/h6-9,16-17H,4-5,10-13,18H2,1-3H3. The molecule has 2 rings (SSSR count). The summed E-state index contributed by atoms with van der Waals surface area (Å²) in [5.41, 5.74) is 8.87. The summed E-state index contributed by atoms with van der Waals surface area (Å²) in [5.74, 6) is 0. The monoisotopic (exact) mass is 275 g/mol. The smallest absolute Gasteiger partial charge is 0.0474 e. The van der Waals surface area contributed by atoms with E-state index in [1.807, 2.05) is 0 Å². The second-order valence-electron chi connectivity index (χ2n) is 5.91. The summed E-state index contributed by atoms with van der Waals surface area (Å²) < 4.78 is 0. The Labute approximate surface area is 123 Å². The molecule has 0 saturated carbocycles. The van der Waals surface area contributed by atoms with Crippen LogP contribution < -0.4 is 5.73 Å². The Morgan fingerprint density at radius 3 is 2.45 bits per heavy atom. The molecule has 0 radical (unpaired) electrons. The van der Waals surface area contributed by atoms with Gasteiger partial charge >= 0.3 is 0 Å². The molecule has 1 heterocycles. The Morgan fingerprint density at radius 2 is 1.90 bits per heavy atom. The summed E-state index contributed by atoms with van der Waals surface area (Å²) in [6, 6.07) is 10.0. The lowest BCUT2D eigenvalue weighted by atomic mass is 9.98. The quantitative estimate of drug-likeness (QED) is 0.895. The molecule has 2 atom stereocenters. The third-order valence-electron chi connectivity index (χ3n) is 4.60. The van der Waals surface area contributed by atoms with Crippen molar-refractivity contribution in [2.75, 3.05) is 33.2 Å². The molecule has 2 N–H and O–H groups in total. The van der Waals surface area contributed by atoms with Crippen LogP contribution in [0.1, 0.15) is 37.4 Å². The summed E-state index contributed by atoms with van der Waals surface area (Å²) >= 11 is 0. The van der Waals surface area contributed by atoms with Crippen molar-refractivity contribution in [2.24, 2.45) is 5.73 Å². The van der Waals surface area contributed by atoms with Gasteiger partial charge in [0.1, 0.15) is 0 Å². The Hall–Kier alpha value is -0.900. The first-order chi connectivity index (χ1) is 9.69. The molecule has 1 aliphatic rings. The number of rotatable bonds is 5. The highest BCUT2D eigenvalue weighted by Crippen LogP contribution is 2.26. The zero-order valence-corrected chi connectivity index (χ0v) is 13.2. The van der Waals surface area contributed by atoms with Crippen molar-refractivity contribution < 1.29 is 0 Å². The van der Waals surface area contributed by atoms with Gasteiger partial charge in [-0.1, -0.05) is 38.1 Å². The SMILES string of the molecule is CCc1ccc(C(CN)N2CCN(C)CC2CC)cc1. The molecular formula is C17H29N3. The maximum atomic E-state index is 6.10. The van der Waals surface area contributed by atoms with Crippen molar-refractivity contribution in [3.63, 3.8) is 0 Å². The van der Waals surface area contributed by atoms with Crippen LogP contribution in [0.2, 0.25) is 0 Å². The van der Waals surface area contributed by atoms with E-state index in [4.69, 9.17) is 5.73 Å².